The van der Waals surface area contributed by atoms with Crippen molar-refractivity contribution in [1.82, 2.24) is 24.8 Å². The summed E-state index contributed by atoms with van der Waals surface area (Å²) in [5.74, 6) is -3.61. The Morgan fingerprint density at radius 3 is 2.80 bits per heavy atom. The van der Waals surface area contributed by atoms with Gasteiger partial charge in [0.1, 0.15) is 6.61 Å². The molecule has 7 nitrogen and oxygen atoms in total. The van der Waals surface area contributed by atoms with Crippen LogP contribution in [0.25, 0.3) is 5.69 Å². The molecule has 0 spiro atoms. The van der Waals surface area contributed by atoms with Crippen LogP contribution in [0.4, 0.5) is 8.78 Å². The zero-order valence-corrected chi connectivity index (χ0v) is 13.9. The molecule has 0 bridgehead atoms. The lowest BCUT2D eigenvalue weighted by molar-refractivity contribution is 0.112. The summed E-state index contributed by atoms with van der Waals surface area (Å²) in [6.07, 6.45) is 1.38. The van der Waals surface area contributed by atoms with E-state index in [0.29, 0.717) is 22.0 Å². The SMILES string of the molecule is Cn1nnn(-c2cccc(C3CC3(F)F)c2COc2nccs2)c1=O. The van der Waals surface area contributed by atoms with Gasteiger partial charge in [0.2, 0.25) is 0 Å². The summed E-state index contributed by atoms with van der Waals surface area (Å²) < 4.78 is 35.1. The minimum Gasteiger partial charge on any atom is -0.465 e. The topological polar surface area (TPSA) is 74.8 Å². The van der Waals surface area contributed by atoms with E-state index in [-0.39, 0.29) is 13.0 Å². The number of tetrazole rings is 1. The third-order valence-electron chi connectivity index (χ3n) is 4.09. The van der Waals surface area contributed by atoms with Gasteiger partial charge in [0.05, 0.1) is 11.6 Å². The smallest absolute Gasteiger partial charge is 0.368 e. The predicted octanol–water partition coefficient (Wildman–Crippen LogP) is 2.12. The van der Waals surface area contributed by atoms with E-state index < -0.39 is 17.5 Å². The third kappa shape index (κ3) is 2.82. The second-order valence-electron chi connectivity index (χ2n) is 5.75. The monoisotopic (exact) mass is 365 g/mol. The van der Waals surface area contributed by atoms with Crippen molar-refractivity contribution in [3.63, 3.8) is 0 Å². The van der Waals surface area contributed by atoms with Crippen LogP contribution < -0.4 is 10.4 Å². The Morgan fingerprint density at radius 1 is 1.40 bits per heavy atom. The Balaban J connectivity index is 1.79. The van der Waals surface area contributed by atoms with Gasteiger partial charge in [-0.25, -0.2) is 18.6 Å². The fraction of sp³-hybridized carbons (Fsp3) is 0.333. The first-order valence-electron chi connectivity index (χ1n) is 7.48. The van der Waals surface area contributed by atoms with Crippen LogP contribution in [0.15, 0.2) is 34.6 Å². The van der Waals surface area contributed by atoms with E-state index in [1.165, 1.54) is 18.4 Å². The maximum Gasteiger partial charge on any atom is 0.368 e. The molecular formula is C15H13F2N5O2S. The zero-order chi connectivity index (χ0) is 17.6. The van der Waals surface area contributed by atoms with Gasteiger partial charge in [-0.15, -0.1) is 0 Å². The highest BCUT2D eigenvalue weighted by atomic mass is 32.1. The largest absolute Gasteiger partial charge is 0.465 e. The van der Waals surface area contributed by atoms with E-state index >= 15 is 0 Å². The fourth-order valence-corrected chi connectivity index (χ4v) is 3.19. The molecule has 4 rings (SSSR count). The molecule has 0 N–H and O–H groups in total. The first-order valence-corrected chi connectivity index (χ1v) is 8.36. The highest BCUT2D eigenvalue weighted by Gasteiger charge is 2.58. The van der Waals surface area contributed by atoms with Gasteiger partial charge in [-0.2, -0.15) is 9.36 Å². The maximum absolute atomic E-state index is 13.6. The number of halogens is 2. The van der Waals surface area contributed by atoms with Gasteiger partial charge in [-0.1, -0.05) is 23.5 Å². The Hall–Kier alpha value is -2.62. The highest BCUT2D eigenvalue weighted by molar-refractivity contribution is 7.11. The average Bonchev–Trinajstić information content (AvgIpc) is 2.95. The molecule has 1 atom stereocenters. The fourth-order valence-electron chi connectivity index (χ4n) is 2.71. The third-order valence-corrected chi connectivity index (χ3v) is 4.77. The molecule has 1 aliphatic carbocycles. The lowest BCUT2D eigenvalue weighted by Gasteiger charge is -2.14. The van der Waals surface area contributed by atoms with Crippen molar-refractivity contribution >= 4 is 11.3 Å². The van der Waals surface area contributed by atoms with Gasteiger partial charge in [0, 0.05) is 30.6 Å². The first kappa shape index (κ1) is 15.9. The van der Waals surface area contributed by atoms with E-state index in [4.69, 9.17) is 4.74 Å². The van der Waals surface area contributed by atoms with Crippen LogP contribution in [0.2, 0.25) is 0 Å². The molecule has 0 amide bonds. The summed E-state index contributed by atoms with van der Waals surface area (Å²) in [6, 6.07) is 4.91. The molecule has 2 heterocycles. The molecule has 1 aliphatic rings. The van der Waals surface area contributed by atoms with Crippen molar-refractivity contribution in [3.8, 4) is 10.9 Å². The van der Waals surface area contributed by atoms with Crippen molar-refractivity contribution in [2.24, 2.45) is 7.05 Å². The lowest BCUT2D eigenvalue weighted by atomic mass is 10.0. The molecule has 0 aliphatic heterocycles. The number of alkyl halides is 2. The van der Waals surface area contributed by atoms with Crippen LogP contribution in [0.5, 0.6) is 5.19 Å². The Kier molecular flexibility index (Phi) is 3.64. The number of aryl methyl sites for hydroxylation is 1. The molecular weight excluding hydrogens is 352 g/mol. The summed E-state index contributed by atoms with van der Waals surface area (Å²) in [6.45, 7) is 0.00855. The minimum atomic E-state index is -2.73. The van der Waals surface area contributed by atoms with Crippen LogP contribution >= 0.6 is 11.3 Å². The molecule has 1 saturated carbocycles. The minimum absolute atomic E-state index is 0.00855. The molecule has 10 heteroatoms. The molecule has 0 saturated heterocycles. The number of thiazole rings is 1. The molecule has 130 valence electrons. The van der Waals surface area contributed by atoms with Gasteiger partial charge in [0.25, 0.3) is 11.1 Å². The lowest BCUT2D eigenvalue weighted by Crippen LogP contribution is -2.23. The van der Waals surface area contributed by atoms with Crippen molar-refractivity contribution in [1.29, 1.82) is 0 Å². The van der Waals surface area contributed by atoms with Crippen LogP contribution in [-0.2, 0) is 13.7 Å². The number of benzene rings is 1. The summed E-state index contributed by atoms with van der Waals surface area (Å²) >= 11 is 1.30. The van der Waals surface area contributed by atoms with E-state index in [0.717, 1.165) is 9.36 Å². The number of aromatic nitrogens is 5. The Morgan fingerprint density at radius 2 is 2.20 bits per heavy atom. The Bertz CT molecular complexity index is 967. The molecule has 3 aromatic rings. The van der Waals surface area contributed by atoms with Crippen molar-refractivity contribution in [3.05, 3.63) is 51.4 Å². The quantitative estimate of drug-likeness (QED) is 0.692. The van der Waals surface area contributed by atoms with Crippen LogP contribution in [0.1, 0.15) is 23.5 Å². The standard InChI is InChI=1S/C15H13F2N5O2S/c1-21-14(23)22(20-19-21)12-4-2-3-9(11-7-15(11,16)17)10(12)8-24-13-18-5-6-25-13/h2-6,11H,7-8H2,1H3. The summed E-state index contributed by atoms with van der Waals surface area (Å²) in [5.41, 5.74) is 0.865. The molecule has 0 radical (unpaired) electrons. The van der Waals surface area contributed by atoms with Crippen LogP contribution in [0.3, 0.4) is 0 Å². The summed E-state index contributed by atoms with van der Waals surface area (Å²) in [4.78, 5) is 16.2. The highest BCUT2D eigenvalue weighted by Crippen LogP contribution is 2.56. The number of rotatable bonds is 5. The second kappa shape index (κ2) is 5.73. The maximum atomic E-state index is 13.6. The predicted molar refractivity (Wildman–Crippen MR) is 85.4 cm³/mol. The molecule has 1 aromatic carbocycles. The Labute approximate surface area is 144 Å². The number of ether oxygens (including phenoxy) is 1. The number of hydrogen-bond donors (Lipinski definition) is 0. The average molecular weight is 365 g/mol. The number of nitrogens with zero attached hydrogens (tertiary/aromatic N) is 5. The van der Waals surface area contributed by atoms with Gasteiger partial charge >= 0.3 is 5.69 Å². The van der Waals surface area contributed by atoms with Gasteiger partial charge < -0.3 is 4.74 Å². The molecule has 2 aromatic heterocycles. The van der Waals surface area contributed by atoms with Gasteiger partial charge in [-0.05, 0) is 22.1 Å². The van der Waals surface area contributed by atoms with E-state index in [1.54, 1.807) is 29.8 Å². The first-order chi connectivity index (χ1) is 12.0. The number of hydrogen-bond acceptors (Lipinski definition) is 6. The molecule has 1 fully saturated rings. The summed E-state index contributed by atoms with van der Waals surface area (Å²) in [5, 5.41) is 9.67. The van der Waals surface area contributed by atoms with E-state index in [9.17, 15) is 13.6 Å². The van der Waals surface area contributed by atoms with Crippen LogP contribution in [-0.4, -0.2) is 30.7 Å². The van der Waals surface area contributed by atoms with Crippen molar-refractivity contribution in [2.75, 3.05) is 0 Å². The van der Waals surface area contributed by atoms with Crippen molar-refractivity contribution in [2.45, 2.75) is 24.9 Å². The molecule has 25 heavy (non-hydrogen) atoms. The van der Waals surface area contributed by atoms with Gasteiger partial charge in [0.15, 0.2) is 0 Å². The van der Waals surface area contributed by atoms with E-state index in [1.807, 2.05) is 0 Å². The van der Waals surface area contributed by atoms with E-state index in [2.05, 4.69) is 15.4 Å². The molecule has 1 unspecified atom stereocenters. The zero-order valence-electron chi connectivity index (χ0n) is 13.1. The normalized spacial score (nSPS) is 18.3. The second-order valence-corrected chi connectivity index (χ2v) is 6.60. The van der Waals surface area contributed by atoms with Crippen LogP contribution in [0, 0.1) is 0 Å². The summed E-state index contributed by atoms with van der Waals surface area (Å²) in [7, 11) is 1.47. The van der Waals surface area contributed by atoms with Crippen molar-refractivity contribution < 1.29 is 13.5 Å². The van der Waals surface area contributed by atoms with Gasteiger partial charge in [-0.3, -0.25) is 0 Å².